The van der Waals surface area contributed by atoms with E-state index in [2.05, 4.69) is 83.9 Å². The van der Waals surface area contributed by atoms with E-state index in [-0.39, 0.29) is 6.10 Å². The molecular weight excluding hydrogens is 559 g/mol. The molecule has 34 heavy (non-hydrogen) atoms. The van der Waals surface area contributed by atoms with E-state index < -0.39 is 0 Å². The monoisotopic (exact) mass is 582 g/mol. The maximum Gasteiger partial charge on any atom is 0.166 e. The molecule has 6 rings (SSSR count). The predicted molar refractivity (Wildman–Crippen MR) is 146 cm³/mol. The molecule has 8 heteroatoms. The average Bonchev–Trinajstić information content (AvgIpc) is 3.48. The number of likely N-dealkylation sites (tertiary alicyclic amines) is 1. The van der Waals surface area contributed by atoms with Crippen LogP contribution >= 0.6 is 30.3 Å². The molecule has 1 unspecified atom stereocenters. The maximum absolute atomic E-state index is 9.94. The standard InChI is InChI=1S/C26H23IN4O2S/c27-34-31-16-24(19-7-8-25-21(10-19)13-29-33-25)23-11-20(12-28-26(23)31)18-5-3-17(4-6-18)14-30-9-1-2-22(32)15-30/h3-8,10-13,16,22,32H,1-2,9,14-15H2. The number of benzene rings is 2. The Bertz CT molecular complexity index is 1460. The number of fused-ring (bicyclic) bond motifs is 2. The van der Waals surface area contributed by atoms with Crippen LogP contribution in [0.3, 0.4) is 0 Å². The summed E-state index contributed by atoms with van der Waals surface area (Å²) < 4.78 is 7.37. The van der Waals surface area contributed by atoms with E-state index in [1.54, 1.807) is 15.3 Å². The van der Waals surface area contributed by atoms with Gasteiger partial charge in [0.15, 0.2) is 11.2 Å². The zero-order chi connectivity index (χ0) is 23.1. The molecule has 0 amide bonds. The van der Waals surface area contributed by atoms with Crippen molar-refractivity contribution in [2.75, 3.05) is 13.1 Å². The number of aliphatic hydroxyl groups is 1. The van der Waals surface area contributed by atoms with E-state index in [1.807, 2.05) is 12.3 Å². The van der Waals surface area contributed by atoms with Crippen LogP contribution in [-0.4, -0.2) is 43.3 Å². The Hall–Kier alpha value is -2.40. The largest absolute Gasteiger partial charge is 0.392 e. The van der Waals surface area contributed by atoms with Crippen LogP contribution in [0.5, 0.6) is 0 Å². The second kappa shape index (κ2) is 9.33. The average molecular weight is 582 g/mol. The number of aliphatic hydroxyl groups excluding tert-OH is 1. The number of piperidine rings is 1. The van der Waals surface area contributed by atoms with Crippen LogP contribution in [-0.2, 0) is 6.54 Å². The van der Waals surface area contributed by atoms with Crippen LogP contribution in [0.4, 0.5) is 0 Å². The fraction of sp³-hybridized carbons (Fsp3) is 0.231. The highest BCUT2D eigenvalue weighted by atomic mass is 127. The summed E-state index contributed by atoms with van der Waals surface area (Å²) in [7, 11) is 1.61. The second-order valence-corrected chi connectivity index (χ2v) is 10.6. The van der Waals surface area contributed by atoms with Crippen LogP contribution < -0.4 is 0 Å². The van der Waals surface area contributed by atoms with Crippen molar-refractivity contribution in [3.63, 3.8) is 0 Å². The van der Waals surface area contributed by atoms with Gasteiger partial charge in [-0.2, -0.15) is 0 Å². The molecule has 2 aromatic carbocycles. The van der Waals surface area contributed by atoms with Gasteiger partial charge in [-0.15, -0.1) is 0 Å². The highest BCUT2D eigenvalue weighted by Gasteiger charge is 2.18. The normalized spacial score (nSPS) is 17.1. The lowest BCUT2D eigenvalue weighted by Gasteiger charge is -2.29. The van der Waals surface area contributed by atoms with Gasteiger partial charge in [0.1, 0.15) is 0 Å². The van der Waals surface area contributed by atoms with Crippen LogP contribution in [0.1, 0.15) is 18.4 Å². The molecule has 0 spiro atoms. The lowest BCUT2D eigenvalue weighted by Crippen LogP contribution is -2.37. The Morgan fingerprint density at radius 1 is 1.06 bits per heavy atom. The Morgan fingerprint density at radius 3 is 2.74 bits per heavy atom. The fourth-order valence-corrected chi connectivity index (χ4v) is 6.05. The lowest BCUT2D eigenvalue weighted by molar-refractivity contribution is 0.0668. The maximum atomic E-state index is 9.94. The highest BCUT2D eigenvalue weighted by Crippen LogP contribution is 2.37. The second-order valence-electron chi connectivity index (χ2n) is 8.84. The number of halogens is 1. The zero-order valence-corrected chi connectivity index (χ0v) is 21.4. The van der Waals surface area contributed by atoms with E-state index in [0.29, 0.717) is 0 Å². The molecule has 1 aliphatic rings. The van der Waals surface area contributed by atoms with Crippen molar-refractivity contribution in [2.24, 2.45) is 0 Å². The van der Waals surface area contributed by atoms with Crippen molar-refractivity contribution < 1.29 is 9.63 Å². The predicted octanol–water partition coefficient (Wildman–Crippen LogP) is 6.31. The van der Waals surface area contributed by atoms with Crippen LogP contribution in [0, 0.1) is 0 Å². The Labute approximate surface area is 213 Å². The molecule has 1 fully saturated rings. The number of hydrogen-bond acceptors (Lipinski definition) is 6. The van der Waals surface area contributed by atoms with E-state index >= 15 is 0 Å². The molecule has 0 saturated carbocycles. The number of hydrogen-bond donors (Lipinski definition) is 1. The molecule has 172 valence electrons. The third kappa shape index (κ3) is 4.24. The topological polar surface area (TPSA) is 67.3 Å². The minimum Gasteiger partial charge on any atom is -0.392 e. The van der Waals surface area contributed by atoms with Crippen molar-refractivity contribution in [3.05, 3.63) is 72.7 Å². The molecule has 0 aliphatic carbocycles. The van der Waals surface area contributed by atoms with Gasteiger partial charge in [-0.25, -0.2) is 4.98 Å². The molecule has 6 nitrogen and oxygen atoms in total. The van der Waals surface area contributed by atoms with E-state index in [9.17, 15) is 5.11 Å². The molecule has 1 N–H and O–H groups in total. The number of nitrogens with zero attached hydrogens (tertiary/aromatic N) is 4. The van der Waals surface area contributed by atoms with Crippen LogP contribution in [0.2, 0.25) is 0 Å². The van der Waals surface area contributed by atoms with Gasteiger partial charge in [0.2, 0.25) is 0 Å². The molecule has 1 atom stereocenters. The van der Waals surface area contributed by atoms with Crippen molar-refractivity contribution in [1.82, 2.24) is 19.0 Å². The van der Waals surface area contributed by atoms with Crippen molar-refractivity contribution >= 4 is 52.3 Å². The van der Waals surface area contributed by atoms with Gasteiger partial charge >= 0.3 is 0 Å². The molecule has 5 aromatic rings. The SMILES string of the molecule is OC1CCCN(Cc2ccc(-c3cnc4c(c3)c(-c3ccc5oncc5c3)cn4SI)cc2)C1. The smallest absolute Gasteiger partial charge is 0.166 e. The van der Waals surface area contributed by atoms with Crippen LogP contribution in [0.25, 0.3) is 44.3 Å². The fourth-order valence-electron chi connectivity index (χ4n) is 4.80. The van der Waals surface area contributed by atoms with Gasteiger partial charge in [0.25, 0.3) is 0 Å². The van der Waals surface area contributed by atoms with Gasteiger partial charge in [0.05, 0.1) is 12.3 Å². The summed E-state index contributed by atoms with van der Waals surface area (Å²) in [5.41, 5.74) is 7.49. The third-order valence-electron chi connectivity index (χ3n) is 6.52. The van der Waals surface area contributed by atoms with E-state index in [0.717, 1.165) is 76.7 Å². The molecular formula is C26H23IN4O2S. The van der Waals surface area contributed by atoms with Gasteiger partial charge in [-0.3, -0.25) is 8.87 Å². The zero-order valence-electron chi connectivity index (χ0n) is 18.4. The first-order valence-corrected chi connectivity index (χ1v) is 14.6. The summed E-state index contributed by atoms with van der Waals surface area (Å²) >= 11 is 2.29. The number of aromatic nitrogens is 3. The summed E-state index contributed by atoms with van der Waals surface area (Å²) in [6.07, 6.45) is 7.63. The number of pyridine rings is 1. The quantitative estimate of drug-likeness (QED) is 0.245. The lowest BCUT2D eigenvalue weighted by atomic mass is 10.0. The molecule has 4 heterocycles. The van der Waals surface area contributed by atoms with E-state index in [1.165, 1.54) is 5.56 Å². The van der Waals surface area contributed by atoms with E-state index in [4.69, 9.17) is 9.51 Å². The van der Waals surface area contributed by atoms with Gasteiger partial charge in [-0.1, -0.05) is 35.5 Å². The van der Waals surface area contributed by atoms with Gasteiger partial charge in [-0.05, 0) is 54.3 Å². The summed E-state index contributed by atoms with van der Waals surface area (Å²) in [5.74, 6) is 0. The number of rotatable bonds is 5. The minimum absolute atomic E-state index is 0.196. The molecule has 0 bridgehead atoms. The first kappa shape index (κ1) is 22.1. The first-order chi connectivity index (χ1) is 16.7. The van der Waals surface area contributed by atoms with Crippen molar-refractivity contribution in [1.29, 1.82) is 0 Å². The third-order valence-corrected chi connectivity index (χ3v) is 8.22. The molecule has 0 radical (unpaired) electrons. The molecule has 1 saturated heterocycles. The summed E-state index contributed by atoms with van der Waals surface area (Å²) in [6.45, 7) is 2.69. The molecule has 1 aliphatic heterocycles. The highest BCUT2D eigenvalue weighted by molar-refractivity contribution is 14.2. The summed E-state index contributed by atoms with van der Waals surface area (Å²) in [4.78, 5) is 7.15. The Balaban J connectivity index is 1.33. The van der Waals surface area contributed by atoms with Crippen molar-refractivity contribution in [2.45, 2.75) is 25.5 Å². The summed E-state index contributed by atoms with van der Waals surface area (Å²) in [5, 5.41) is 16.0. The minimum atomic E-state index is -0.196. The van der Waals surface area contributed by atoms with Gasteiger partial charge in [0, 0.05) is 77.7 Å². The van der Waals surface area contributed by atoms with Crippen molar-refractivity contribution in [3.8, 4) is 22.3 Å². The first-order valence-electron chi connectivity index (χ1n) is 11.3. The summed E-state index contributed by atoms with van der Waals surface area (Å²) in [6, 6.07) is 17.1. The molecule has 3 aromatic heterocycles. The Morgan fingerprint density at radius 2 is 1.91 bits per heavy atom. The van der Waals surface area contributed by atoms with Gasteiger partial charge < -0.3 is 9.63 Å². The Kier molecular flexibility index (Phi) is 6.06. The van der Waals surface area contributed by atoms with Crippen LogP contribution in [0.15, 0.2) is 71.6 Å². The number of β-amino-alcohol motifs (C(OH)–C–C–N with tert-alkyl or cyclic N) is 1.